The number of rotatable bonds is 4. The minimum Gasteiger partial charge on any atom is -0.335 e. The number of hydrogen-bond donors (Lipinski definition) is 0. The lowest BCUT2D eigenvalue weighted by molar-refractivity contribution is -0.123. The molecule has 156 valence electrons. The van der Waals surface area contributed by atoms with Crippen molar-refractivity contribution in [1.29, 1.82) is 0 Å². The van der Waals surface area contributed by atoms with Crippen LogP contribution in [0.15, 0.2) is 29.5 Å². The molecule has 0 aliphatic carbocycles. The van der Waals surface area contributed by atoms with Crippen LogP contribution in [0.25, 0.3) is 4.96 Å². The summed E-state index contributed by atoms with van der Waals surface area (Å²) in [4.78, 5) is 34.0. The molecular weight excluding hydrogens is 398 g/mol. The Labute approximate surface area is 179 Å². The Balaban J connectivity index is 1.60. The van der Waals surface area contributed by atoms with Crippen LogP contribution in [0.4, 0.5) is 5.69 Å². The van der Waals surface area contributed by atoms with Crippen LogP contribution in [0.3, 0.4) is 0 Å². The Morgan fingerprint density at radius 1 is 1.20 bits per heavy atom. The third kappa shape index (κ3) is 3.63. The van der Waals surface area contributed by atoms with E-state index in [4.69, 9.17) is 0 Å². The summed E-state index contributed by atoms with van der Waals surface area (Å²) in [5.74, 6) is -0.260. The van der Waals surface area contributed by atoms with Gasteiger partial charge in [-0.1, -0.05) is 12.1 Å². The minimum atomic E-state index is -0.167. The number of fused-ring (bicyclic) bond motifs is 1. The maximum atomic E-state index is 13.1. The van der Waals surface area contributed by atoms with Crippen molar-refractivity contribution in [3.8, 4) is 0 Å². The molecule has 0 saturated heterocycles. The zero-order valence-corrected chi connectivity index (χ0v) is 18.7. The first-order valence-corrected chi connectivity index (χ1v) is 10.7. The lowest BCUT2D eigenvalue weighted by Crippen LogP contribution is -2.40. The molecule has 1 aliphatic rings. The van der Waals surface area contributed by atoms with Crippen molar-refractivity contribution in [2.24, 2.45) is 5.10 Å². The summed E-state index contributed by atoms with van der Waals surface area (Å²) in [6, 6.07) is 5.89. The number of anilines is 1. The predicted octanol–water partition coefficient (Wildman–Crippen LogP) is 3.77. The number of benzene rings is 1. The highest BCUT2D eigenvalue weighted by atomic mass is 32.1. The molecule has 0 unspecified atom stereocenters. The number of hydrogen-bond acceptors (Lipinski definition) is 5. The fourth-order valence-electron chi connectivity index (χ4n) is 3.66. The zero-order valence-electron chi connectivity index (χ0n) is 17.9. The van der Waals surface area contributed by atoms with Gasteiger partial charge in [-0.25, -0.2) is 9.99 Å². The largest absolute Gasteiger partial charge is 0.335 e. The van der Waals surface area contributed by atoms with E-state index in [1.807, 2.05) is 56.5 Å². The number of amides is 2. The average molecular weight is 424 g/mol. The smallest absolute Gasteiger partial charge is 0.270 e. The fraction of sp³-hybridized carbons (Fsp3) is 0.364. The molecular formula is C22H25N5O2S. The molecule has 1 aromatic carbocycles. The summed E-state index contributed by atoms with van der Waals surface area (Å²) >= 11 is 1.63. The Bertz CT molecular complexity index is 1190. The van der Waals surface area contributed by atoms with E-state index < -0.39 is 0 Å². The van der Waals surface area contributed by atoms with E-state index in [1.165, 1.54) is 9.89 Å². The van der Waals surface area contributed by atoms with Gasteiger partial charge in [0.25, 0.3) is 5.91 Å². The maximum Gasteiger partial charge on any atom is 0.270 e. The number of carbonyl (C=O) groups is 2. The molecule has 0 bridgehead atoms. The third-order valence-corrected chi connectivity index (χ3v) is 6.24. The number of imidazole rings is 1. The van der Waals surface area contributed by atoms with Crippen LogP contribution in [-0.4, -0.2) is 38.9 Å². The van der Waals surface area contributed by atoms with Gasteiger partial charge in [-0.15, -0.1) is 11.3 Å². The second-order valence-corrected chi connectivity index (χ2v) is 9.05. The van der Waals surface area contributed by atoms with Crippen LogP contribution in [0.1, 0.15) is 40.2 Å². The van der Waals surface area contributed by atoms with Crippen molar-refractivity contribution < 1.29 is 9.59 Å². The quantitative estimate of drug-likeness (QED) is 0.641. The molecule has 0 fully saturated rings. The van der Waals surface area contributed by atoms with Gasteiger partial charge in [-0.2, -0.15) is 5.10 Å². The van der Waals surface area contributed by atoms with Crippen LogP contribution in [0.5, 0.6) is 0 Å². The molecule has 1 aliphatic heterocycles. The molecule has 2 amide bonds. The molecule has 0 N–H and O–H groups in total. The summed E-state index contributed by atoms with van der Waals surface area (Å²) in [6.07, 6.45) is 2.67. The first-order chi connectivity index (χ1) is 14.2. The molecule has 3 aromatic rings. The van der Waals surface area contributed by atoms with Gasteiger partial charge in [0, 0.05) is 31.0 Å². The van der Waals surface area contributed by atoms with E-state index in [1.54, 1.807) is 23.3 Å². The fourth-order valence-corrected chi connectivity index (χ4v) is 4.55. The Morgan fingerprint density at radius 2 is 1.97 bits per heavy atom. The van der Waals surface area contributed by atoms with Crippen molar-refractivity contribution in [1.82, 2.24) is 14.3 Å². The molecule has 7 nitrogen and oxygen atoms in total. The van der Waals surface area contributed by atoms with Gasteiger partial charge in [0.15, 0.2) is 4.96 Å². The summed E-state index contributed by atoms with van der Waals surface area (Å²) in [7, 11) is 1.77. The number of aryl methyl sites for hydroxylation is 4. The van der Waals surface area contributed by atoms with Crippen LogP contribution >= 0.6 is 11.3 Å². The molecule has 4 rings (SSSR count). The third-order valence-electron chi connectivity index (χ3n) is 5.35. The first kappa shape index (κ1) is 20.3. The molecule has 30 heavy (non-hydrogen) atoms. The predicted molar refractivity (Wildman–Crippen MR) is 119 cm³/mol. The molecule has 3 heterocycles. The summed E-state index contributed by atoms with van der Waals surface area (Å²) in [5.41, 5.74) is 5.03. The SMILES string of the molecule is Cc1ccc(C)c(N2N=C(C(=O)N(C)Cc3c(C)nc4sc(C)cn34)CCC2=O)c1. The number of nitrogens with zero attached hydrogens (tertiary/aromatic N) is 5. The van der Waals surface area contributed by atoms with Crippen LogP contribution < -0.4 is 5.01 Å². The topological polar surface area (TPSA) is 70.3 Å². The van der Waals surface area contributed by atoms with E-state index in [2.05, 4.69) is 10.1 Å². The highest BCUT2D eigenvalue weighted by Crippen LogP contribution is 2.26. The normalized spacial score (nSPS) is 14.4. The second-order valence-electron chi connectivity index (χ2n) is 7.84. The Kier molecular flexibility index (Phi) is 5.19. The highest BCUT2D eigenvalue weighted by molar-refractivity contribution is 7.17. The highest BCUT2D eigenvalue weighted by Gasteiger charge is 2.28. The number of aromatic nitrogens is 2. The Hall–Kier alpha value is -3.00. The van der Waals surface area contributed by atoms with Gasteiger partial charge in [-0.3, -0.25) is 14.0 Å². The van der Waals surface area contributed by atoms with Crippen LogP contribution in [0, 0.1) is 27.7 Å². The maximum absolute atomic E-state index is 13.1. The monoisotopic (exact) mass is 423 g/mol. The molecule has 2 aromatic heterocycles. The van der Waals surface area contributed by atoms with Crippen LogP contribution in [-0.2, 0) is 16.1 Å². The molecule has 0 radical (unpaired) electrons. The van der Waals surface area contributed by atoms with Gasteiger partial charge in [-0.05, 0) is 44.9 Å². The average Bonchev–Trinajstić information content (AvgIpc) is 3.19. The molecule has 8 heteroatoms. The number of carbonyl (C=O) groups excluding carboxylic acids is 2. The summed E-state index contributed by atoms with van der Waals surface area (Å²) < 4.78 is 2.05. The van der Waals surface area contributed by atoms with E-state index in [0.29, 0.717) is 18.7 Å². The van der Waals surface area contributed by atoms with Crippen molar-refractivity contribution in [3.63, 3.8) is 0 Å². The zero-order chi connectivity index (χ0) is 21.6. The number of hydrazone groups is 1. The van der Waals surface area contributed by atoms with Gasteiger partial charge in [0.1, 0.15) is 5.71 Å². The number of thiazole rings is 1. The second kappa shape index (κ2) is 7.68. The van der Waals surface area contributed by atoms with E-state index in [-0.39, 0.29) is 18.2 Å². The molecule has 0 spiro atoms. The van der Waals surface area contributed by atoms with Crippen molar-refractivity contribution in [2.45, 2.75) is 47.1 Å². The van der Waals surface area contributed by atoms with Crippen molar-refractivity contribution in [3.05, 3.63) is 51.8 Å². The lowest BCUT2D eigenvalue weighted by atomic mass is 10.1. The lowest BCUT2D eigenvalue weighted by Gasteiger charge is -2.26. The molecule has 0 atom stereocenters. The molecule has 0 saturated carbocycles. The minimum absolute atomic E-state index is 0.0926. The standard InChI is InChI=1S/C22H25N5O2S/c1-13-6-7-14(2)18(10-13)27-20(28)9-8-17(24-27)21(29)25(5)12-19-16(4)23-22-26(19)11-15(3)30-22/h6-7,10-11H,8-9,12H2,1-5H3. The van der Waals surface area contributed by atoms with Gasteiger partial charge >= 0.3 is 0 Å². The Morgan fingerprint density at radius 3 is 2.73 bits per heavy atom. The van der Waals surface area contributed by atoms with E-state index in [0.717, 1.165) is 33.2 Å². The van der Waals surface area contributed by atoms with Crippen LogP contribution in [0.2, 0.25) is 0 Å². The van der Waals surface area contributed by atoms with Gasteiger partial charge < -0.3 is 4.90 Å². The summed E-state index contributed by atoms with van der Waals surface area (Å²) in [5, 5.41) is 5.85. The van der Waals surface area contributed by atoms with Crippen molar-refractivity contribution >= 4 is 39.5 Å². The van der Waals surface area contributed by atoms with Gasteiger partial charge in [0.2, 0.25) is 5.91 Å². The first-order valence-electron chi connectivity index (χ1n) is 9.91. The summed E-state index contributed by atoms with van der Waals surface area (Å²) in [6.45, 7) is 8.35. The van der Waals surface area contributed by atoms with E-state index in [9.17, 15) is 9.59 Å². The van der Waals surface area contributed by atoms with E-state index >= 15 is 0 Å². The van der Waals surface area contributed by atoms with Gasteiger partial charge in [0.05, 0.1) is 23.6 Å². The van der Waals surface area contributed by atoms with Crippen molar-refractivity contribution in [2.75, 3.05) is 12.1 Å².